The summed E-state index contributed by atoms with van der Waals surface area (Å²) < 4.78 is 11.7. The third-order valence-corrected chi connectivity index (χ3v) is 3.60. The fraction of sp³-hybridized carbons (Fsp3) is 0.375. The molecule has 0 bridgehead atoms. The van der Waals surface area contributed by atoms with Crippen molar-refractivity contribution in [1.82, 2.24) is 0 Å². The molecule has 0 spiro atoms. The molecule has 0 radical (unpaired) electrons. The Labute approximate surface area is 124 Å². The van der Waals surface area contributed by atoms with Gasteiger partial charge in [0.1, 0.15) is 6.61 Å². The number of hydrogen-bond acceptors (Lipinski definition) is 4. The van der Waals surface area contributed by atoms with Crippen molar-refractivity contribution in [3.63, 3.8) is 0 Å². The molecule has 0 aliphatic heterocycles. The van der Waals surface area contributed by atoms with Crippen LogP contribution in [0.25, 0.3) is 0 Å². The van der Waals surface area contributed by atoms with Gasteiger partial charge in [0.05, 0.1) is 6.61 Å². The Kier molecular flexibility index (Phi) is 5.44. The lowest BCUT2D eigenvalue weighted by Gasteiger charge is -2.16. The van der Waals surface area contributed by atoms with Crippen molar-refractivity contribution < 1.29 is 9.47 Å². The molecule has 108 valence electrons. The first-order valence-corrected chi connectivity index (χ1v) is 7.79. The molecule has 1 aromatic carbocycles. The molecule has 4 heteroatoms. The van der Waals surface area contributed by atoms with E-state index in [0.717, 1.165) is 23.5 Å². The van der Waals surface area contributed by atoms with Gasteiger partial charge in [-0.2, -0.15) is 11.3 Å². The lowest BCUT2D eigenvalue weighted by Crippen LogP contribution is -2.18. The van der Waals surface area contributed by atoms with Crippen LogP contribution in [-0.2, 0) is 13.0 Å². The van der Waals surface area contributed by atoms with Crippen molar-refractivity contribution in [3.8, 4) is 11.5 Å². The maximum Gasteiger partial charge on any atom is 0.164 e. The van der Waals surface area contributed by atoms with Crippen molar-refractivity contribution in [1.29, 1.82) is 0 Å². The van der Waals surface area contributed by atoms with E-state index in [2.05, 4.69) is 22.9 Å². The van der Waals surface area contributed by atoms with Gasteiger partial charge in [-0.05, 0) is 54.3 Å². The van der Waals surface area contributed by atoms with Crippen molar-refractivity contribution in [2.24, 2.45) is 5.73 Å². The minimum Gasteiger partial charge on any atom is -0.490 e. The van der Waals surface area contributed by atoms with E-state index in [1.165, 1.54) is 5.56 Å². The second-order valence-electron chi connectivity index (χ2n) is 4.78. The van der Waals surface area contributed by atoms with Crippen LogP contribution in [0.1, 0.15) is 25.0 Å². The van der Waals surface area contributed by atoms with Crippen molar-refractivity contribution in [2.75, 3.05) is 6.61 Å². The molecule has 0 fully saturated rings. The van der Waals surface area contributed by atoms with Crippen LogP contribution in [0.5, 0.6) is 11.5 Å². The number of hydrogen-bond donors (Lipinski definition) is 1. The van der Waals surface area contributed by atoms with Crippen LogP contribution in [0.2, 0.25) is 0 Å². The minimum absolute atomic E-state index is 0.0929. The smallest absolute Gasteiger partial charge is 0.164 e. The quantitative estimate of drug-likeness (QED) is 0.847. The molecule has 0 aliphatic rings. The highest BCUT2D eigenvalue weighted by Crippen LogP contribution is 2.33. The summed E-state index contributed by atoms with van der Waals surface area (Å²) in [5.74, 6) is 1.61. The molecule has 1 heterocycles. The fourth-order valence-electron chi connectivity index (χ4n) is 2.03. The molecular weight excluding hydrogens is 270 g/mol. The zero-order chi connectivity index (χ0) is 14.4. The molecule has 0 aliphatic carbocycles. The Balaban J connectivity index is 2.20. The summed E-state index contributed by atoms with van der Waals surface area (Å²) in [5, 5.41) is 4.14. The maximum absolute atomic E-state index is 5.99. The summed E-state index contributed by atoms with van der Waals surface area (Å²) in [6.07, 6.45) is 0.778. The van der Waals surface area contributed by atoms with Crippen LogP contribution in [0.4, 0.5) is 0 Å². The Morgan fingerprint density at radius 3 is 2.75 bits per heavy atom. The van der Waals surface area contributed by atoms with Gasteiger partial charge in [-0.15, -0.1) is 0 Å². The van der Waals surface area contributed by atoms with E-state index in [-0.39, 0.29) is 6.04 Å². The molecule has 0 saturated carbocycles. The lowest BCUT2D eigenvalue weighted by atomic mass is 10.1. The largest absolute Gasteiger partial charge is 0.490 e. The summed E-state index contributed by atoms with van der Waals surface area (Å²) in [7, 11) is 0. The monoisotopic (exact) mass is 291 g/mol. The van der Waals surface area contributed by atoms with Crippen LogP contribution in [0.3, 0.4) is 0 Å². The average molecular weight is 291 g/mol. The molecular formula is C16H21NO2S. The number of thiophene rings is 1. The van der Waals surface area contributed by atoms with Gasteiger partial charge in [-0.25, -0.2) is 0 Å². The van der Waals surface area contributed by atoms with E-state index in [1.807, 2.05) is 26.0 Å². The Bertz CT molecular complexity index is 523. The Morgan fingerprint density at radius 2 is 2.10 bits per heavy atom. The highest BCUT2D eigenvalue weighted by molar-refractivity contribution is 7.07. The minimum atomic E-state index is 0.0929. The van der Waals surface area contributed by atoms with Gasteiger partial charge >= 0.3 is 0 Å². The van der Waals surface area contributed by atoms with Gasteiger partial charge in [0.15, 0.2) is 11.5 Å². The predicted octanol–water partition coefficient (Wildman–Crippen LogP) is 3.62. The highest BCUT2D eigenvalue weighted by Gasteiger charge is 2.12. The topological polar surface area (TPSA) is 44.5 Å². The molecule has 1 aromatic heterocycles. The predicted molar refractivity (Wildman–Crippen MR) is 83.6 cm³/mol. The van der Waals surface area contributed by atoms with Crippen LogP contribution in [0.15, 0.2) is 35.0 Å². The van der Waals surface area contributed by atoms with Crippen LogP contribution in [0, 0.1) is 0 Å². The molecule has 2 rings (SSSR count). The number of nitrogens with two attached hydrogens (primary N) is 1. The van der Waals surface area contributed by atoms with Crippen LogP contribution in [-0.4, -0.2) is 12.6 Å². The molecule has 0 saturated heterocycles. The summed E-state index contributed by atoms with van der Waals surface area (Å²) in [5.41, 5.74) is 8.19. The second-order valence-corrected chi connectivity index (χ2v) is 5.56. The summed E-state index contributed by atoms with van der Waals surface area (Å²) in [6, 6.07) is 8.14. The first-order valence-electron chi connectivity index (χ1n) is 6.84. The summed E-state index contributed by atoms with van der Waals surface area (Å²) in [4.78, 5) is 0. The van der Waals surface area contributed by atoms with Crippen LogP contribution < -0.4 is 15.2 Å². The van der Waals surface area contributed by atoms with Crippen molar-refractivity contribution in [3.05, 3.63) is 46.2 Å². The van der Waals surface area contributed by atoms with E-state index >= 15 is 0 Å². The SMILES string of the molecule is CCOc1cccc(CC(C)N)c1OCc1ccsc1. The van der Waals surface area contributed by atoms with Crippen molar-refractivity contribution in [2.45, 2.75) is 32.9 Å². The molecule has 20 heavy (non-hydrogen) atoms. The third kappa shape index (κ3) is 3.99. The standard InChI is InChI=1S/C16H21NO2S/c1-3-18-15-6-4-5-14(9-12(2)17)16(15)19-10-13-7-8-20-11-13/h4-8,11-12H,3,9-10,17H2,1-2H3. The maximum atomic E-state index is 5.99. The van der Waals surface area contributed by atoms with Gasteiger partial charge in [-0.3, -0.25) is 0 Å². The van der Waals surface area contributed by atoms with Gasteiger partial charge in [0.2, 0.25) is 0 Å². The van der Waals surface area contributed by atoms with Gasteiger partial charge in [-0.1, -0.05) is 12.1 Å². The first-order chi connectivity index (χ1) is 9.70. The van der Waals surface area contributed by atoms with Gasteiger partial charge in [0, 0.05) is 6.04 Å². The fourth-order valence-corrected chi connectivity index (χ4v) is 2.69. The Morgan fingerprint density at radius 1 is 1.25 bits per heavy atom. The van der Waals surface area contributed by atoms with E-state index < -0.39 is 0 Å². The second kappa shape index (κ2) is 7.31. The summed E-state index contributed by atoms with van der Waals surface area (Å²) >= 11 is 1.67. The van der Waals surface area contributed by atoms with Gasteiger partial charge in [0.25, 0.3) is 0 Å². The zero-order valence-corrected chi connectivity index (χ0v) is 12.8. The zero-order valence-electron chi connectivity index (χ0n) is 12.0. The van der Waals surface area contributed by atoms with E-state index in [9.17, 15) is 0 Å². The van der Waals surface area contributed by atoms with E-state index in [4.69, 9.17) is 15.2 Å². The number of rotatable bonds is 7. The lowest BCUT2D eigenvalue weighted by molar-refractivity contribution is 0.266. The number of ether oxygens (including phenoxy) is 2. The van der Waals surface area contributed by atoms with Crippen LogP contribution >= 0.6 is 11.3 Å². The highest BCUT2D eigenvalue weighted by atomic mass is 32.1. The molecule has 3 nitrogen and oxygen atoms in total. The Hall–Kier alpha value is -1.52. The third-order valence-electron chi connectivity index (χ3n) is 2.87. The molecule has 2 aromatic rings. The van der Waals surface area contributed by atoms with E-state index in [0.29, 0.717) is 13.2 Å². The molecule has 1 atom stereocenters. The van der Waals surface area contributed by atoms with E-state index in [1.54, 1.807) is 11.3 Å². The molecule has 2 N–H and O–H groups in total. The first kappa shape index (κ1) is 14.9. The van der Waals surface area contributed by atoms with Crippen molar-refractivity contribution >= 4 is 11.3 Å². The number of benzene rings is 1. The number of para-hydroxylation sites is 1. The molecule has 0 amide bonds. The normalized spacial score (nSPS) is 12.2. The summed E-state index contributed by atoms with van der Waals surface area (Å²) in [6.45, 7) is 5.15. The average Bonchev–Trinajstić information content (AvgIpc) is 2.91. The molecule has 1 unspecified atom stereocenters. The van der Waals surface area contributed by atoms with Gasteiger partial charge < -0.3 is 15.2 Å².